The lowest BCUT2D eigenvalue weighted by molar-refractivity contribution is -0.144. The molecule has 1 saturated carbocycles. The van der Waals surface area contributed by atoms with Crippen molar-refractivity contribution >= 4 is 44.3 Å². The minimum atomic E-state index is -0.156. The predicted molar refractivity (Wildman–Crippen MR) is 150 cm³/mol. The SMILES string of the molecule is CCOC(=O)CN1CCN(CCOc2cc3c(Nc4cccc(Br)c4)ncnc3cc2OCC2CC2)CC1. The highest BCUT2D eigenvalue weighted by Gasteiger charge is 2.24. The summed E-state index contributed by atoms with van der Waals surface area (Å²) in [6.07, 6.45) is 4.00. The van der Waals surface area contributed by atoms with Gasteiger partial charge in [0.15, 0.2) is 11.5 Å². The zero-order valence-corrected chi connectivity index (χ0v) is 23.3. The molecule has 0 radical (unpaired) electrons. The Morgan fingerprint density at radius 1 is 1.05 bits per heavy atom. The Bertz CT molecular complexity index is 1250. The Morgan fingerprint density at radius 2 is 1.84 bits per heavy atom. The van der Waals surface area contributed by atoms with Gasteiger partial charge in [0.2, 0.25) is 0 Å². The molecule has 9 nitrogen and oxygen atoms in total. The van der Waals surface area contributed by atoms with E-state index in [0.717, 1.165) is 59.5 Å². The fourth-order valence-corrected chi connectivity index (χ4v) is 4.83. The van der Waals surface area contributed by atoms with Gasteiger partial charge in [-0.25, -0.2) is 9.97 Å². The van der Waals surface area contributed by atoms with E-state index in [1.54, 1.807) is 6.33 Å². The highest BCUT2D eigenvalue weighted by molar-refractivity contribution is 9.10. The van der Waals surface area contributed by atoms with Gasteiger partial charge in [0.1, 0.15) is 18.8 Å². The number of benzene rings is 2. The number of ether oxygens (including phenoxy) is 3. The molecule has 1 N–H and O–H groups in total. The second-order valence-electron chi connectivity index (χ2n) is 9.70. The van der Waals surface area contributed by atoms with Crippen LogP contribution < -0.4 is 14.8 Å². The summed E-state index contributed by atoms with van der Waals surface area (Å²) in [6.45, 7) is 8.09. The molecule has 5 rings (SSSR count). The molecule has 3 aromatic rings. The number of esters is 1. The first kappa shape index (κ1) is 26.6. The number of hydrogen-bond acceptors (Lipinski definition) is 9. The van der Waals surface area contributed by atoms with E-state index in [1.807, 2.05) is 43.3 Å². The van der Waals surface area contributed by atoms with Crippen molar-refractivity contribution in [3.63, 3.8) is 0 Å². The molecular formula is C28H34BrN5O4. The van der Waals surface area contributed by atoms with Gasteiger partial charge in [-0.2, -0.15) is 0 Å². The smallest absolute Gasteiger partial charge is 0.320 e. The minimum Gasteiger partial charge on any atom is -0.489 e. The van der Waals surface area contributed by atoms with E-state index in [4.69, 9.17) is 14.2 Å². The van der Waals surface area contributed by atoms with E-state index in [0.29, 0.717) is 43.9 Å². The van der Waals surface area contributed by atoms with Crippen molar-refractivity contribution in [2.75, 3.05) is 64.4 Å². The molecule has 1 saturated heterocycles. The maximum atomic E-state index is 11.8. The second-order valence-corrected chi connectivity index (χ2v) is 10.6. The Hall–Kier alpha value is -2.95. The Labute approximate surface area is 231 Å². The number of carbonyl (C=O) groups is 1. The normalized spacial score (nSPS) is 16.4. The van der Waals surface area contributed by atoms with Crippen LogP contribution in [0.25, 0.3) is 10.9 Å². The molecule has 1 aromatic heterocycles. The standard InChI is InChI=1S/C28H34BrN5O4/c1-2-36-27(35)17-34-10-8-33(9-11-34)12-13-37-25-15-23-24(16-26(25)38-18-20-6-7-20)30-19-31-28(23)32-22-5-3-4-21(29)14-22/h3-5,14-16,19-20H,2,6-13,17-18H2,1H3,(H,30,31,32). The Kier molecular flexibility index (Phi) is 8.93. The van der Waals surface area contributed by atoms with Crippen LogP contribution in [0.5, 0.6) is 11.5 Å². The van der Waals surface area contributed by atoms with Crippen molar-refractivity contribution < 1.29 is 19.0 Å². The fourth-order valence-electron chi connectivity index (χ4n) is 4.43. The third-order valence-corrected chi connectivity index (χ3v) is 7.24. The summed E-state index contributed by atoms with van der Waals surface area (Å²) in [5.74, 6) is 2.60. The number of rotatable bonds is 12. The van der Waals surface area contributed by atoms with Crippen LogP contribution >= 0.6 is 15.9 Å². The van der Waals surface area contributed by atoms with Crippen molar-refractivity contribution in [3.8, 4) is 11.5 Å². The van der Waals surface area contributed by atoms with Crippen LogP contribution in [-0.4, -0.2) is 84.8 Å². The Morgan fingerprint density at radius 3 is 2.61 bits per heavy atom. The van der Waals surface area contributed by atoms with Gasteiger partial charge in [0.25, 0.3) is 0 Å². The molecule has 0 spiro atoms. The lowest BCUT2D eigenvalue weighted by Gasteiger charge is -2.33. The van der Waals surface area contributed by atoms with Crippen LogP contribution in [0.2, 0.25) is 0 Å². The van der Waals surface area contributed by atoms with Crippen molar-refractivity contribution in [1.82, 2.24) is 19.8 Å². The van der Waals surface area contributed by atoms with E-state index < -0.39 is 0 Å². The fraction of sp³-hybridized carbons (Fsp3) is 0.464. The monoisotopic (exact) mass is 583 g/mol. The third kappa shape index (κ3) is 7.33. The molecule has 1 aliphatic heterocycles. The molecular weight excluding hydrogens is 550 g/mol. The van der Waals surface area contributed by atoms with Crippen molar-refractivity contribution in [1.29, 1.82) is 0 Å². The summed E-state index contributed by atoms with van der Waals surface area (Å²) < 4.78 is 18.5. The molecule has 0 atom stereocenters. The summed E-state index contributed by atoms with van der Waals surface area (Å²) >= 11 is 3.52. The molecule has 2 fully saturated rings. The van der Waals surface area contributed by atoms with Gasteiger partial charge in [0, 0.05) is 54.3 Å². The second kappa shape index (κ2) is 12.7. The third-order valence-electron chi connectivity index (χ3n) is 6.75. The number of anilines is 2. The summed E-state index contributed by atoms with van der Waals surface area (Å²) in [5.41, 5.74) is 1.73. The number of hydrogen-bond donors (Lipinski definition) is 1. The first-order valence-electron chi connectivity index (χ1n) is 13.2. The van der Waals surface area contributed by atoms with Gasteiger partial charge >= 0.3 is 5.97 Å². The average molecular weight is 585 g/mol. The van der Waals surface area contributed by atoms with E-state index in [9.17, 15) is 4.79 Å². The quantitative estimate of drug-likeness (QED) is 0.310. The molecule has 0 unspecified atom stereocenters. The number of carbonyl (C=O) groups excluding carboxylic acids is 1. The van der Waals surface area contributed by atoms with Gasteiger partial charge in [-0.15, -0.1) is 0 Å². The van der Waals surface area contributed by atoms with Crippen LogP contribution in [0.15, 0.2) is 47.2 Å². The van der Waals surface area contributed by atoms with Crippen LogP contribution in [-0.2, 0) is 9.53 Å². The van der Waals surface area contributed by atoms with E-state index in [-0.39, 0.29) is 5.97 Å². The number of fused-ring (bicyclic) bond motifs is 1. The molecule has 202 valence electrons. The lowest BCUT2D eigenvalue weighted by atomic mass is 10.2. The van der Waals surface area contributed by atoms with Crippen LogP contribution in [0, 0.1) is 5.92 Å². The van der Waals surface area contributed by atoms with Crippen molar-refractivity contribution in [2.45, 2.75) is 19.8 Å². The van der Waals surface area contributed by atoms with Crippen molar-refractivity contribution in [3.05, 3.63) is 47.2 Å². The summed E-state index contributed by atoms with van der Waals surface area (Å²) in [6, 6.07) is 11.9. The average Bonchev–Trinajstić information content (AvgIpc) is 3.74. The van der Waals surface area contributed by atoms with E-state index in [2.05, 4.69) is 41.0 Å². The van der Waals surface area contributed by atoms with E-state index in [1.165, 1.54) is 12.8 Å². The largest absolute Gasteiger partial charge is 0.489 e. The molecule has 0 bridgehead atoms. The van der Waals surface area contributed by atoms with Crippen LogP contribution in [0.3, 0.4) is 0 Å². The van der Waals surface area contributed by atoms with Gasteiger partial charge in [-0.3, -0.25) is 14.6 Å². The Balaban J connectivity index is 1.25. The number of piperazine rings is 1. The van der Waals surface area contributed by atoms with Crippen LogP contribution in [0.1, 0.15) is 19.8 Å². The number of aromatic nitrogens is 2. The molecule has 2 aliphatic rings. The number of nitrogens with one attached hydrogen (secondary N) is 1. The molecule has 2 aromatic carbocycles. The van der Waals surface area contributed by atoms with Gasteiger partial charge < -0.3 is 19.5 Å². The molecule has 1 aliphatic carbocycles. The maximum Gasteiger partial charge on any atom is 0.320 e. The zero-order chi connectivity index (χ0) is 26.3. The zero-order valence-electron chi connectivity index (χ0n) is 21.7. The van der Waals surface area contributed by atoms with Gasteiger partial charge in [-0.1, -0.05) is 22.0 Å². The predicted octanol–water partition coefficient (Wildman–Crippen LogP) is 4.48. The van der Waals surface area contributed by atoms with Gasteiger partial charge in [-0.05, 0) is 49.9 Å². The topological polar surface area (TPSA) is 89.1 Å². The first-order valence-corrected chi connectivity index (χ1v) is 14.0. The summed E-state index contributed by atoms with van der Waals surface area (Å²) in [5, 5.41) is 4.27. The lowest BCUT2D eigenvalue weighted by Crippen LogP contribution is -2.49. The highest BCUT2D eigenvalue weighted by atomic mass is 79.9. The molecule has 0 amide bonds. The number of halogens is 1. The van der Waals surface area contributed by atoms with E-state index >= 15 is 0 Å². The summed E-state index contributed by atoms with van der Waals surface area (Å²) in [7, 11) is 0. The summed E-state index contributed by atoms with van der Waals surface area (Å²) in [4.78, 5) is 25.3. The minimum absolute atomic E-state index is 0.156. The van der Waals surface area contributed by atoms with Gasteiger partial charge in [0.05, 0.1) is 25.3 Å². The molecule has 2 heterocycles. The maximum absolute atomic E-state index is 11.8. The highest BCUT2D eigenvalue weighted by Crippen LogP contribution is 2.37. The van der Waals surface area contributed by atoms with Crippen LogP contribution in [0.4, 0.5) is 11.5 Å². The molecule has 10 heteroatoms. The van der Waals surface area contributed by atoms with Crippen molar-refractivity contribution in [2.24, 2.45) is 5.92 Å². The first-order chi connectivity index (χ1) is 18.6. The molecule has 38 heavy (non-hydrogen) atoms. The number of nitrogens with zero attached hydrogens (tertiary/aromatic N) is 4.